The van der Waals surface area contributed by atoms with Crippen LogP contribution in [0.3, 0.4) is 0 Å². The molecule has 5 heteroatoms. The summed E-state index contributed by atoms with van der Waals surface area (Å²) in [6, 6.07) is 7.67. The molecule has 0 saturated heterocycles. The molecule has 112 valence electrons. The fourth-order valence-electron chi connectivity index (χ4n) is 2.29. The molecule has 0 atom stereocenters. The smallest absolute Gasteiger partial charge is 0.254 e. The largest absolute Gasteiger partial charge is 0.496 e. The molecule has 4 nitrogen and oxygen atoms in total. The maximum Gasteiger partial charge on any atom is 0.254 e. The lowest BCUT2D eigenvalue weighted by atomic mass is 10.00. The highest BCUT2D eigenvalue weighted by atomic mass is 32.1. The Labute approximate surface area is 128 Å². The van der Waals surface area contributed by atoms with Crippen LogP contribution in [0.5, 0.6) is 5.75 Å². The number of para-hydroxylation sites is 1. The van der Waals surface area contributed by atoms with Gasteiger partial charge in [0, 0.05) is 22.5 Å². The highest BCUT2D eigenvalue weighted by Gasteiger charge is 2.23. The predicted octanol–water partition coefficient (Wildman–Crippen LogP) is 3.45. The van der Waals surface area contributed by atoms with Crippen molar-refractivity contribution >= 4 is 22.2 Å². The van der Waals surface area contributed by atoms with Crippen molar-refractivity contribution < 1.29 is 9.53 Å². The molecular weight excluding hydrogens is 284 g/mol. The summed E-state index contributed by atoms with van der Waals surface area (Å²) in [4.78, 5) is 13.4. The highest BCUT2D eigenvalue weighted by molar-refractivity contribution is 7.16. The lowest BCUT2D eigenvalue weighted by molar-refractivity contribution is 0.0955. The van der Waals surface area contributed by atoms with Gasteiger partial charge in [0.2, 0.25) is 0 Å². The quantitative estimate of drug-likeness (QED) is 0.889. The number of carbonyl (C=O) groups is 1. The molecule has 0 spiro atoms. The van der Waals surface area contributed by atoms with Gasteiger partial charge in [-0.25, -0.2) is 0 Å². The summed E-state index contributed by atoms with van der Waals surface area (Å²) in [6.45, 7) is 4.63. The number of nitrogens with two attached hydrogens (primary N) is 1. The topological polar surface area (TPSA) is 64.4 Å². The van der Waals surface area contributed by atoms with Crippen LogP contribution < -0.4 is 15.8 Å². The van der Waals surface area contributed by atoms with Crippen molar-refractivity contribution in [2.24, 2.45) is 0 Å². The summed E-state index contributed by atoms with van der Waals surface area (Å²) in [5.41, 5.74) is 8.37. The van der Waals surface area contributed by atoms with Gasteiger partial charge in [-0.3, -0.25) is 4.79 Å². The third-order valence-corrected chi connectivity index (χ3v) is 4.18. The van der Waals surface area contributed by atoms with Crippen LogP contribution in [0.2, 0.25) is 0 Å². The Morgan fingerprint density at radius 1 is 1.38 bits per heavy atom. The molecule has 0 fully saturated rings. The molecule has 2 aromatic rings. The van der Waals surface area contributed by atoms with Crippen LogP contribution >= 0.6 is 11.3 Å². The van der Waals surface area contributed by atoms with E-state index in [0.717, 1.165) is 28.2 Å². The van der Waals surface area contributed by atoms with E-state index < -0.39 is 0 Å². The number of ether oxygens (including phenoxy) is 1. The molecule has 0 bridgehead atoms. The third-order valence-electron chi connectivity index (χ3n) is 3.25. The minimum absolute atomic E-state index is 0.125. The van der Waals surface area contributed by atoms with Crippen LogP contribution in [0.25, 0.3) is 11.1 Å². The Bertz CT molecular complexity index is 650. The molecule has 21 heavy (non-hydrogen) atoms. The SMILES string of the molecule is CCCNC(=O)c1c(N)sc(C)c1-c1ccccc1OC. The third kappa shape index (κ3) is 3.03. The average Bonchev–Trinajstić information content (AvgIpc) is 2.79. The van der Waals surface area contributed by atoms with Crippen molar-refractivity contribution in [2.45, 2.75) is 20.3 Å². The maximum atomic E-state index is 12.4. The number of nitrogens with one attached hydrogen (secondary N) is 1. The molecule has 0 aliphatic carbocycles. The van der Waals surface area contributed by atoms with Gasteiger partial charge in [-0.15, -0.1) is 11.3 Å². The van der Waals surface area contributed by atoms with E-state index in [9.17, 15) is 4.79 Å². The van der Waals surface area contributed by atoms with Gasteiger partial charge in [0.1, 0.15) is 5.75 Å². The molecule has 1 heterocycles. The monoisotopic (exact) mass is 304 g/mol. The lowest BCUT2D eigenvalue weighted by Crippen LogP contribution is -2.24. The van der Waals surface area contributed by atoms with Gasteiger partial charge in [-0.1, -0.05) is 25.1 Å². The first-order valence-corrected chi connectivity index (χ1v) is 7.72. The van der Waals surface area contributed by atoms with E-state index in [1.165, 1.54) is 11.3 Å². The van der Waals surface area contributed by atoms with Crippen molar-refractivity contribution in [3.63, 3.8) is 0 Å². The summed E-state index contributed by atoms with van der Waals surface area (Å²) in [6.07, 6.45) is 0.888. The normalized spacial score (nSPS) is 10.4. The second-order valence-corrected chi connectivity index (χ2v) is 5.99. The summed E-state index contributed by atoms with van der Waals surface area (Å²) >= 11 is 1.43. The summed E-state index contributed by atoms with van der Waals surface area (Å²) in [5, 5.41) is 3.44. The van der Waals surface area contributed by atoms with E-state index in [0.29, 0.717) is 17.1 Å². The number of amides is 1. The number of carbonyl (C=O) groups excluding carboxylic acids is 1. The lowest BCUT2D eigenvalue weighted by Gasteiger charge is -2.11. The molecule has 3 N–H and O–H groups in total. The van der Waals surface area contributed by atoms with E-state index in [1.54, 1.807) is 7.11 Å². The van der Waals surface area contributed by atoms with Gasteiger partial charge >= 0.3 is 0 Å². The van der Waals surface area contributed by atoms with E-state index >= 15 is 0 Å². The number of methoxy groups -OCH3 is 1. The summed E-state index contributed by atoms with van der Waals surface area (Å²) in [7, 11) is 1.63. The van der Waals surface area contributed by atoms with Crippen LogP contribution in [0.1, 0.15) is 28.6 Å². The van der Waals surface area contributed by atoms with Gasteiger partial charge in [-0.2, -0.15) is 0 Å². The zero-order chi connectivity index (χ0) is 15.4. The van der Waals surface area contributed by atoms with Crippen molar-refractivity contribution in [3.8, 4) is 16.9 Å². The zero-order valence-corrected chi connectivity index (χ0v) is 13.3. The minimum Gasteiger partial charge on any atom is -0.496 e. The minimum atomic E-state index is -0.125. The van der Waals surface area contributed by atoms with Crippen molar-refractivity contribution in [3.05, 3.63) is 34.7 Å². The molecule has 0 aliphatic heterocycles. The second-order valence-electron chi connectivity index (χ2n) is 4.73. The molecule has 1 aromatic carbocycles. The molecule has 0 radical (unpaired) electrons. The number of aryl methyl sites for hydroxylation is 1. The molecule has 1 amide bonds. The Morgan fingerprint density at radius 2 is 2.10 bits per heavy atom. The van der Waals surface area contributed by atoms with E-state index in [2.05, 4.69) is 5.32 Å². The highest BCUT2D eigenvalue weighted by Crippen LogP contribution is 2.41. The van der Waals surface area contributed by atoms with E-state index in [1.807, 2.05) is 38.1 Å². The first-order chi connectivity index (χ1) is 10.1. The van der Waals surface area contributed by atoms with Gasteiger partial charge in [0.05, 0.1) is 17.7 Å². The first-order valence-electron chi connectivity index (χ1n) is 6.90. The van der Waals surface area contributed by atoms with Gasteiger partial charge in [-0.05, 0) is 19.4 Å². The van der Waals surface area contributed by atoms with Crippen LogP contribution in [0, 0.1) is 6.92 Å². The first kappa shape index (κ1) is 15.4. The maximum absolute atomic E-state index is 12.4. The van der Waals surface area contributed by atoms with E-state index in [4.69, 9.17) is 10.5 Å². The van der Waals surface area contributed by atoms with Crippen molar-refractivity contribution in [2.75, 3.05) is 19.4 Å². The van der Waals surface area contributed by atoms with Crippen LogP contribution in [-0.2, 0) is 0 Å². The van der Waals surface area contributed by atoms with Gasteiger partial charge < -0.3 is 15.8 Å². The summed E-state index contributed by atoms with van der Waals surface area (Å²) < 4.78 is 5.41. The molecular formula is C16H20N2O2S. The standard InChI is InChI=1S/C16H20N2O2S/c1-4-9-18-16(19)14-13(10(2)21-15(14)17)11-7-5-6-8-12(11)20-3/h5-8H,4,9,17H2,1-3H3,(H,18,19). The van der Waals surface area contributed by atoms with Crippen LogP contribution in [0.15, 0.2) is 24.3 Å². The molecule has 1 aromatic heterocycles. The van der Waals surface area contributed by atoms with Crippen LogP contribution in [-0.4, -0.2) is 19.6 Å². The van der Waals surface area contributed by atoms with E-state index in [-0.39, 0.29) is 5.91 Å². The van der Waals surface area contributed by atoms with Crippen LogP contribution in [0.4, 0.5) is 5.00 Å². The fraction of sp³-hybridized carbons (Fsp3) is 0.312. The summed E-state index contributed by atoms with van der Waals surface area (Å²) in [5.74, 6) is 0.613. The number of hydrogen-bond donors (Lipinski definition) is 2. The van der Waals surface area contributed by atoms with Crippen molar-refractivity contribution in [1.82, 2.24) is 5.32 Å². The zero-order valence-electron chi connectivity index (χ0n) is 12.5. The Balaban J connectivity index is 2.56. The average molecular weight is 304 g/mol. The van der Waals surface area contributed by atoms with Gasteiger partial charge in [0.25, 0.3) is 5.91 Å². The molecule has 0 aliphatic rings. The Morgan fingerprint density at radius 3 is 2.76 bits per heavy atom. The number of thiophene rings is 1. The Kier molecular flexibility index (Phi) is 4.85. The van der Waals surface area contributed by atoms with Crippen molar-refractivity contribution in [1.29, 1.82) is 0 Å². The second kappa shape index (κ2) is 6.63. The fourth-order valence-corrected chi connectivity index (χ4v) is 3.23. The Hall–Kier alpha value is -2.01. The number of rotatable bonds is 5. The molecule has 0 unspecified atom stereocenters. The predicted molar refractivity (Wildman–Crippen MR) is 88.1 cm³/mol. The number of nitrogen functional groups attached to an aromatic ring is 1. The number of anilines is 1. The molecule has 0 saturated carbocycles. The number of hydrogen-bond acceptors (Lipinski definition) is 4. The van der Waals surface area contributed by atoms with Gasteiger partial charge in [0.15, 0.2) is 0 Å². The molecule has 2 rings (SSSR count). The number of benzene rings is 1.